The van der Waals surface area contributed by atoms with E-state index in [1.807, 2.05) is 6.08 Å². The summed E-state index contributed by atoms with van der Waals surface area (Å²) in [6.45, 7) is 11.1. The zero-order chi connectivity index (χ0) is 27.8. The zero-order valence-corrected chi connectivity index (χ0v) is 24.2. The van der Waals surface area contributed by atoms with Crippen LogP contribution in [0.15, 0.2) is 58.3 Å². The van der Waals surface area contributed by atoms with Crippen molar-refractivity contribution >= 4 is 0 Å². The summed E-state index contributed by atoms with van der Waals surface area (Å²) in [5.41, 5.74) is 4.16. The lowest BCUT2D eigenvalue weighted by Gasteiger charge is -2.44. The molecule has 7 atom stereocenters. The molecule has 1 heterocycles. The molecule has 1 unspecified atom stereocenters. The molecular formula is C34H49NO4. The molecule has 214 valence electrons. The SMILES string of the molecule is C=C1/C(=C\C=C2/CCC[C@]3(C)[C@@H]([C@H](C)/C=C/[C@H](O)C4(c5nc(CCCC)co5)CC4)CC[C@@H]23)C[C@@H](O)CC1O. The standard InChI is InChI=1S/C34H49NO4/c1-5-6-9-26-21-39-32(35-26)34(17-18-34)31(38)15-10-22(2)28-13-14-29-24(8-7-16-33(28,29)4)11-12-25-19-27(36)20-30(37)23(25)3/h10-12,15,21-22,27-31,36-38H,3,5-9,13-14,16-20H2,1-2,4H3/b15-10+,24-11+,25-12-/t22-,27-,28-,29+,30?,31+,33-/m1/s1. The molecule has 0 aliphatic heterocycles. The maximum absolute atomic E-state index is 11.2. The van der Waals surface area contributed by atoms with Crippen LogP contribution >= 0.6 is 0 Å². The van der Waals surface area contributed by atoms with Crippen LogP contribution in [-0.4, -0.2) is 38.6 Å². The predicted molar refractivity (Wildman–Crippen MR) is 155 cm³/mol. The van der Waals surface area contributed by atoms with Gasteiger partial charge in [-0.15, -0.1) is 0 Å². The number of aromatic nitrogens is 1. The Morgan fingerprint density at radius 3 is 2.72 bits per heavy atom. The molecule has 0 spiro atoms. The fourth-order valence-corrected chi connectivity index (χ4v) is 7.99. The number of fused-ring (bicyclic) bond motifs is 1. The van der Waals surface area contributed by atoms with Gasteiger partial charge in [-0.25, -0.2) is 4.98 Å². The average Bonchev–Trinajstić information content (AvgIpc) is 3.44. The molecule has 4 saturated carbocycles. The lowest BCUT2D eigenvalue weighted by atomic mass is 9.61. The third kappa shape index (κ3) is 5.64. The van der Waals surface area contributed by atoms with Crippen molar-refractivity contribution in [2.45, 2.75) is 122 Å². The summed E-state index contributed by atoms with van der Waals surface area (Å²) in [4.78, 5) is 4.74. The molecule has 0 aromatic carbocycles. The molecule has 4 aliphatic carbocycles. The van der Waals surface area contributed by atoms with Gasteiger partial charge in [-0.05, 0) is 98.5 Å². The fraction of sp³-hybridized carbons (Fsp3) is 0.676. The molecule has 5 nitrogen and oxygen atoms in total. The molecule has 4 aliphatic rings. The number of oxazole rings is 1. The van der Waals surface area contributed by atoms with Crippen molar-refractivity contribution in [3.05, 3.63) is 65.5 Å². The van der Waals surface area contributed by atoms with E-state index in [1.54, 1.807) is 6.26 Å². The van der Waals surface area contributed by atoms with E-state index in [9.17, 15) is 15.3 Å². The highest BCUT2D eigenvalue weighted by Crippen LogP contribution is 2.60. The van der Waals surface area contributed by atoms with E-state index in [-0.39, 0.29) is 10.8 Å². The quantitative estimate of drug-likeness (QED) is 0.305. The van der Waals surface area contributed by atoms with Gasteiger partial charge in [0.1, 0.15) is 6.26 Å². The van der Waals surface area contributed by atoms with Gasteiger partial charge in [0, 0.05) is 6.42 Å². The number of rotatable bonds is 9. The van der Waals surface area contributed by atoms with Crippen molar-refractivity contribution in [3.63, 3.8) is 0 Å². The number of allylic oxidation sites excluding steroid dienone is 4. The minimum absolute atomic E-state index is 0.244. The first-order valence-electron chi connectivity index (χ1n) is 15.4. The number of aryl methyl sites for hydroxylation is 1. The second-order valence-corrected chi connectivity index (χ2v) is 13.3. The Balaban J connectivity index is 1.26. The van der Waals surface area contributed by atoms with E-state index in [0.29, 0.717) is 36.5 Å². The van der Waals surface area contributed by atoms with Crippen LogP contribution in [0.1, 0.15) is 103 Å². The van der Waals surface area contributed by atoms with Crippen molar-refractivity contribution in [1.82, 2.24) is 4.98 Å². The highest BCUT2D eigenvalue weighted by Gasteiger charge is 2.54. The van der Waals surface area contributed by atoms with Crippen molar-refractivity contribution in [1.29, 1.82) is 0 Å². The molecule has 3 N–H and O–H groups in total. The topological polar surface area (TPSA) is 86.7 Å². The number of unbranched alkanes of at least 4 members (excludes halogenated alkanes) is 1. The largest absolute Gasteiger partial charge is 0.448 e. The van der Waals surface area contributed by atoms with E-state index in [4.69, 9.17) is 9.40 Å². The summed E-state index contributed by atoms with van der Waals surface area (Å²) in [6, 6.07) is 0. The molecule has 5 rings (SSSR count). The molecule has 1 aromatic rings. The monoisotopic (exact) mass is 535 g/mol. The summed E-state index contributed by atoms with van der Waals surface area (Å²) in [7, 11) is 0. The highest BCUT2D eigenvalue weighted by molar-refractivity contribution is 5.38. The van der Waals surface area contributed by atoms with Gasteiger partial charge in [0.2, 0.25) is 5.89 Å². The molecule has 39 heavy (non-hydrogen) atoms. The van der Waals surface area contributed by atoms with Crippen molar-refractivity contribution in [3.8, 4) is 0 Å². The van der Waals surface area contributed by atoms with Gasteiger partial charge in [0.05, 0.1) is 29.4 Å². The minimum atomic E-state index is -0.643. The van der Waals surface area contributed by atoms with Gasteiger partial charge in [-0.3, -0.25) is 0 Å². The Hall–Kier alpha value is -1.95. The predicted octanol–water partition coefficient (Wildman–Crippen LogP) is 6.74. The maximum atomic E-state index is 11.2. The molecule has 4 fully saturated rings. The van der Waals surface area contributed by atoms with Gasteiger partial charge < -0.3 is 19.7 Å². The smallest absolute Gasteiger partial charge is 0.203 e. The van der Waals surface area contributed by atoms with E-state index < -0.39 is 18.3 Å². The minimum Gasteiger partial charge on any atom is -0.448 e. The molecular weight excluding hydrogens is 486 g/mol. The summed E-state index contributed by atoms with van der Waals surface area (Å²) in [6.07, 6.45) is 20.7. The lowest BCUT2D eigenvalue weighted by Crippen LogP contribution is -2.35. The number of aliphatic hydroxyl groups is 3. The van der Waals surface area contributed by atoms with Crippen LogP contribution < -0.4 is 0 Å². The highest BCUT2D eigenvalue weighted by atomic mass is 16.3. The van der Waals surface area contributed by atoms with E-state index in [2.05, 4.69) is 45.6 Å². The third-order valence-corrected chi connectivity index (χ3v) is 10.7. The number of aliphatic hydroxyl groups excluding tert-OH is 3. The summed E-state index contributed by atoms with van der Waals surface area (Å²) in [5, 5.41) is 31.6. The average molecular weight is 536 g/mol. The van der Waals surface area contributed by atoms with Crippen LogP contribution in [0.25, 0.3) is 0 Å². The van der Waals surface area contributed by atoms with Crippen LogP contribution in [0.3, 0.4) is 0 Å². The Kier molecular flexibility index (Phi) is 8.43. The first-order chi connectivity index (χ1) is 18.7. The number of nitrogens with zero attached hydrogens (tertiary/aromatic N) is 1. The Morgan fingerprint density at radius 1 is 1.18 bits per heavy atom. The van der Waals surface area contributed by atoms with E-state index in [0.717, 1.165) is 55.4 Å². The van der Waals surface area contributed by atoms with Crippen LogP contribution in [0.2, 0.25) is 0 Å². The first kappa shape index (κ1) is 28.6. The van der Waals surface area contributed by atoms with E-state index in [1.165, 1.54) is 31.3 Å². The van der Waals surface area contributed by atoms with Gasteiger partial charge >= 0.3 is 0 Å². The van der Waals surface area contributed by atoms with Gasteiger partial charge in [0.15, 0.2) is 0 Å². The van der Waals surface area contributed by atoms with Gasteiger partial charge in [-0.2, -0.15) is 0 Å². The third-order valence-electron chi connectivity index (χ3n) is 10.7. The zero-order valence-electron chi connectivity index (χ0n) is 24.2. The number of hydrogen-bond acceptors (Lipinski definition) is 5. The van der Waals surface area contributed by atoms with Gasteiger partial charge in [-0.1, -0.05) is 63.6 Å². The summed E-state index contributed by atoms with van der Waals surface area (Å²) < 4.78 is 5.85. The molecule has 0 saturated heterocycles. The normalized spacial score (nSPS) is 36.0. The molecule has 0 radical (unpaired) electrons. The molecule has 0 bridgehead atoms. The van der Waals surface area contributed by atoms with Crippen LogP contribution in [0.5, 0.6) is 0 Å². The second-order valence-electron chi connectivity index (χ2n) is 13.3. The van der Waals surface area contributed by atoms with Crippen molar-refractivity contribution < 1.29 is 19.7 Å². The Labute approximate surface area is 234 Å². The van der Waals surface area contributed by atoms with Crippen LogP contribution in [-0.2, 0) is 11.8 Å². The van der Waals surface area contributed by atoms with Crippen LogP contribution in [0, 0.1) is 23.2 Å². The van der Waals surface area contributed by atoms with Gasteiger partial charge in [0.25, 0.3) is 0 Å². The number of hydrogen-bond donors (Lipinski definition) is 3. The summed E-state index contributed by atoms with van der Waals surface area (Å²) in [5.74, 6) is 2.23. The second kappa shape index (κ2) is 11.5. The van der Waals surface area contributed by atoms with Crippen LogP contribution in [0.4, 0.5) is 0 Å². The first-order valence-corrected chi connectivity index (χ1v) is 15.4. The fourth-order valence-electron chi connectivity index (χ4n) is 7.99. The van der Waals surface area contributed by atoms with Crippen molar-refractivity contribution in [2.75, 3.05) is 0 Å². The molecule has 1 aromatic heterocycles. The van der Waals surface area contributed by atoms with Crippen molar-refractivity contribution in [2.24, 2.45) is 23.2 Å². The Morgan fingerprint density at radius 2 is 1.97 bits per heavy atom. The molecule has 5 heteroatoms. The summed E-state index contributed by atoms with van der Waals surface area (Å²) >= 11 is 0. The lowest BCUT2D eigenvalue weighted by molar-refractivity contribution is 0.0862. The Bertz CT molecular complexity index is 1120. The molecule has 0 amide bonds. The van der Waals surface area contributed by atoms with E-state index >= 15 is 0 Å². The maximum Gasteiger partial charge on any atom is 0.203 e.